The molecule has 2 amide bonds. The number of rotatable bonds is 7. The number of methoxy groups -OCH3 is 2. The number of benzene rings is 1. The summed E-state index contributed by atoms with van der Waals surface area (Å²) in [6, 6.07) is 7.51. The second-order valence-electron chi connectivity index (χ2n) is 6.53. The molecular formula is C18H28N2O4. The number of ether oxygens (including phenoxy) is 2. The molecule has 134 valence electrons. The molecule has 0 fully saturated rings. The normalized spacial score (nSPS) is 11.2. The number of hydrogen-bond acceptors (Lipinski definition) is 4. The Kier molecular flexibility index (Phi) is 7.88. The van der Waals surface area contributed by atoms with Gasteiger partial charge >= 0.3 is 11.8 Å². The number of anilines is 1. The van der Waals surface area contributed by atoms with E-state index in [1.54, 1.807) is 20.3 Å². The van der Waals surface area contributed by atoms with Gasteiger partial charge in [0, 0.05) is 33.0 Å². The average molecular weight is 336 g/mol. The van der Waals surface area contributed by atoms with E-state index in [9.17, 15) is 9.59 Å². The Morgan fingerprint density at radius 3 is 2.08 bits per heavy atom. The van der Waals surface area contributed by atoms with E-state index in [0.29, 0.717) is 32.0 Å². The molecule has 0 atom stereocenters. The van der Waals surface area contributed by atoms with E-state index < -0.39 is 11.8 Å². The summed E-state index contributed by atoms with van der Waals surface area (Å²) in [5.41, 5.74) is 1.49. The fourth-order valence-corrected chi connectivity index (χ4v) is 2.28. The topological polar surface area (TPSA) is 67.9 Å². The van der Waals surface area contributed by atoms with Crippen LogP contribution >= 0.6 is 0 Å². The van der Waals surface area contributed by atoms with Crippen LogP contribution in [0, 0.1) is 0 Å². The summed E-state index contributed by atoms with van der Waals surface area (Å²) in [6.07, 6.45) is 0. The molecule has 0 unspecified atom stereocenters. The van der Waals surface area contributed by atoms with Gasteiger partial charge in [-0.2, -0.15) is 0 Å². The lowest BCUT2D eigenvalue weighted by atomic mass is 9.86. The van der Waals surface area contributed by atoms with Gasteiger partial charge < -0.3 is 19.7 Å². The highest BCUT2D eigenvalue weighted by molar-refractivity contribution is 6.39. The minimum Gasteiger partial charge on any atom is -0.383 e. The zero-order chi connectivity index (χ0) is 18.2. The third-order valence-electron chi connectivity index (χ3n) is 3.60. The molecule has 0 aliphatic carbocycles. The summed E-state index contributed by atoms with van der Waals surface area (Å²) in [4.78, 5) is 26.2. The highest BCUT2D eigenvalue weighted by atomic mass is 16.5. The first-order valence-corrected chi connectivity index (χ1v) is 7.99. The standard InChI is InChI=1S/C18H28N2O4/c1-18(2,3)14-8-6-7-9-15(14)19-16(21)17(22)20(10-12-23-4)11-13-24-5/h6-9H,10-13H2,1-5H3,(H,19,21). The Morgan fingerprint density at radius 1 is 1.04 bits per heavy atom. The first kappa shape index (κ1) is 20.1. The van der Waals surface area contributed by atoms with Crippen LogP contribution in [0.4, 0.5) is 5.69 Å². The van der Waals surface area contributed by atoms with E-state index in [1.807, 2.05) is 18.2 Å². The van der Waals surface area contributed by atoms with Crippen LogP contribution in [0.1, 0.15) is 26.3 Å². The lowest BCUT2D eigenvalue weighted by molar-refractivity contribution is -0.144. The van der Waals surface area contributed by atoms with E-state index in [-0.39, 0.29) is 5.41 Å². The van der Waals surface area contributed by atoms with Crippen molar-refractivity contribution in [2.24, 2.45) is 0 Å². The van der Waals surface area contributed by atoms with Crippen LogP contribution in [0.2, 0.25) is 0 Å². The van der Waals surface area contributed by atoms with Gasteiger partial charge in [0.1, 0.15) is 0 Å². The molecule has 0 saturated heterocycles. The molecule has 0 aromatic heterocycles. The molecule has 0 spiro atoms. The molecule has 24 heavy (non-hydrogen) atoms. The van der Waals surface area contributed by atoms with E-state index in [1.165, 1.54) is 4.90 Å². The van der Waals surface area contributed by atoms with E-state index in [4.69, 9.17) is 9.47 Å². The Balaban J connectivity index is 2.87. The summed E-state index contributed by atoms with van der Waals surface area (Å²) in [5.74, 6) is -1.24. The zero-order valence-corrected chi connectivity index (χ0v) is 15.2. The number of nitrogens with one attached hydrogen (secondary N) is 1. The molecule has 1 N–H and O–H groups in total. The molecule has 0 heterocycles. The summed E-state index contributed by atoms with van der Waals surface area (Å²) < 4.78 is 10.00. The van der Waals surface area contributed by atoms with Crippen LogP contribution in [0.5, 0.6) is 0 Å². The van der Waals surface area contributed by atoms with Crippen molar-refractivity contribution in [3.05, 3.63) is 29.8 Å². The number of para-hydroxylation sites is 1. The van der Waals surface area contributed by atoms with Gasteiger partial charge in [-0.1, -0.05) is 39.0 Å². The minimum atomic E-state index is -0.654. The van der Waals surface area contributed by atoms with Gasteiger partial charge in [0.15, 0.2) is 0 Å². The predicted molar refractivity (Wildman–Crippen MR) is 94.1 cm³/mol. The van der Waals surface area contributed by atoms with E-state index in [0.717, 1.165) is 5.56 Å². The Labute approximate surface area is 144 Å². The van der Waals surface area contributed by atoms with Gasteiger partial charge in [-0.15, -0.1) is 0 Å². The highest BCUT2D eigenvalue weighted by Gasteiger charge is 2.24. The van der Waals surface area contributed by atoms with Crippen molar-refractivity contribution in [2.75, 3.05) is 45.8 Å². The molecule has 0 aliphatic rings. The first-order chi connectivity index (χ1) is 11.3. The quantitative estimate of drug-likeness (QED) is 0.774. The van der Waals surface area contributed by atoms with E-state index >= 15 is 0 Å². The molecule has 6 heteroatoms. The summed E-state index contributed by atoms with van der Waals surface area (Å²) in [5, 5.41) is 2.74. The fourth-order valence-electron chi connectivity index (χ4n) is 2.28. The van der Waals surface area contributed by atoms with Crippen molar-refractivity contribution in [1.82, 2.24) is 4.90 Å². The van der Waals surface area contributed by atoms with Gasteiger partial charge in [0.25, 0.3) is 0 Å². The maximum atomic E-state index is 12.4. The van der Waals surface area contributed by atoms with Crippen LogP contribution in [0.15, 0.2) is 24.3 Å². The molecular weight excluding hydrogens is 308 g/mol. The number of hydrogen-bond donors (Lipinski definition) is 1. The Morgan fingerprint density at radius 2 is 1.58 bits per heavy atom. The van der Waals surface area contributed by atoms with Crippen molar-refractivity contribution >= 4 is 17.5 Å². The summed E-state index contributed by atoms with van der Waals surface area (Å²) in [6.45, 7) is 7.58. The summed E-state index contributed by atoms with van der Waals surface area (Å²) in [7, 11) is 3.11. The fraction of sp³-hybridized carbons (Fsp3) is 0.556. The van der Waals surface area contributed by atoms with Crippen LogP contribution in [-0.2, 0) is 24.5 Å². The molecule has 0 saturated carbocycles. The second-order valence-corrected chi connectivity index (χ2v) is 6.53. The molecule has 0 radical (unpaired) electrons. The van der Waals surface area contributed by atoms with Crippen LogP contribution in [0.3, 0.4) is 0 Å². The smallest absolute Gasteiger partial charge is 0.313 e. The van der Waals surface area contributed by atoms with Crippen molar-refractivity contribution in [1.29, 1.82) is 0 Å². The van der Waals surface area contributed by atoms with Crippen molar-refractivity contribution in [3.63, 3.8) is 0 Å². The number of nitrogens with zero attached hydrogens (tertiary/aromatic N) is 1. The number of amides is 2. The van der Waals surface area contributed by atoms with Crippen molar-refractivity contribution in [3.8, 4) is 0 Å². The van der Waals surface area contributed by atoms with Gasteiger partial charge in [0.2, 0.25) is 0 Å². The van der Waals surface area contributed by atoms with Gasteiger partial charge in [-0.05, 0) is 17.0 Å². The Hall–Kier alpha value is -1.92. The third kappa shape index (κ3) is 5.94. The highest BCUT2D eigenvalue weighted by Crippen LogP contribution is 2.29. The molecule has 0 bridgehead atoms. The maximum absolute atomic E-state index is 12.4. The van der Waals surface area contributed by atoms with Crippen molar-refractivity contribution in [2.45, 2.75) is 26.2 Å². The SMILES string of the molecule is COCCN(CCOC)C(=O)C(=O)Nc1ccccc1C(C)(C)C. The number of carbonyl (C=O) groups is 2. The van der Waals surface area contributed by atoms with Gasteiger partial charge in [-0.3, -0.25) is 9.59 Å². The maximum Gasteiger partial charge on any atom is 0.313 e. The lowest BCUT2D eigenvalue weighted by Gasteiger charge is -2.24. The minimum absolute atomic E-state index is 0.140. The number of carbonyl (C=O) groups excluding carboxylic acids is 2. The molecule has 0 aliphatic heterocycles. The average Bonchev–Trinajstić information content (AvgIpc) is 2.54. The predicted octanol–water partition coefficient (Wildman–Crippen LogP) is 2.04. The Bertz CT molecular complexity index is 544. The lowest BCUT2D eigenvalue weighted by Crippen LogP contribution is -2.43. The third-order valence-corrected chi connectivity index (χ3v) is 3.60. The first-order valence-electron chi connectivity index (χ1n) is 7.99. The van der Waals surface area contributed by atoms with Crippen LogP contribution < -0.4 is 5.32 Å². The van der Waals surface area contributed by atoms with Gasteiger partial charge in [0.05, 0.1) is 13.2 Å². The molecule has 1 rings (SSSR count). The monoisotopic (exact) mass is 336 g/mol. The molecule has 1 aromatic carbocycles. The van der Waals surface area contributed by atoms with E-state index in [2.05, 4.69) is 26.1 Å². The second kappa shape index (κ2) is 9.39. The summed E-state index contributed by atoms with van der Waals surface area (Å²) >= 11 is 0. The largest absolute Gasteiger partial charge is 0.383 e. The molecule has 1 aromatic rings. The molecule has 6 nitrogen and oxygen atoms in total. The van der Waals surface area contributed by atoms with Crippen LogP contribution in [0.25, 0.3) is 0 Å². The van der Waals surface area contributed by atoms with Crippen LogP contribution in [-0.4, -0.2) is 57.2 Å². The van der Waals surface area contributed by atoms with Gasteiger partial charge in [-0.25, -0.2) is 0 Å². The zero-order valence-electron chi connectivity index (χ0n) is 15.2. The van der Waals surface area contributed by atoms with Crippen molar-refractivity contribution < 1.29 is 19.1 Å².